The van der Waals surface area contributed by atoms with Crippen LogP contribution < -0.4 is 9.62 Å². The van der Waals surface area contributed by atoms with Gasteiger partial charge in [-0.15, -0.1) is 0 Å². The molecule has 39 heavy (non-hydrogen) atoms. The molecule has 206 valence electrons. The second-order valence-corrected chi connectivity index (χ2v) is 12.4. The summed E-state index contributed by atoms with van der Waals surface area (Å²) < 4.78 is 42.8. The van der Waals surface area contributed by atoms with E-state index in [2.05, 4.69) is 21.2 Å². The van der Waals surface area contributed by atoms with E-state index in [9.17, 15) is 22.4 Å². The number of hydrogen-bond acceptors (Lipinski definition) is 4. The van der Waals surface area contributed by atoms with E-state index in [1.807, 2.05) is 0 Å². The van der Waals surface area contributed by atoms with Crippen LogP contribution in [0.25, 0.3) is 0 Å². The van der Waals surface area contributed by atoms with E-state index >= 15 is 0 Å². The molecule has 7 nitrogen and oxygen atoms in total. The quantitative estimate of drug-likeness (QED) is 0.337. The molecular formula is C29H31BrFN3O4S. The number of amides is 2. The third kappa shape index (κ3) is 7.24. The lowest BCUT2D eigenvalue weighted by molar-refractivity contribution is -0.139. The maximum Gasteiger partial charge on any atom is 0.264 e. The van der Waals surface area contributed by atoms with Gasteiger partial charge >= 0.3 is 0 Å². The fourth-order valence-electron chi connectivity index (χ4n) is 4.64. The predicted molar refractivity (Wildman–Crippen MR) is 152 cm³/mol. The lowest BCUT2D eigenvalue weighted by Crippen LogP contribution is -2.52. The molecule has 0 heterocycles. The summed E-state index contributed by atoms with van der Waals surface area (Å²) in [5.41, 5.74) is 0.913. The Hall–Kier alpha value is -3.24. The van der Waals surface area contributed by atoms with Crippen LogP contribution in [0, 0.1) is 5.82 Å². The molecule has 1 aliphatic rings. The summed E-state index contributed by atoms with van der Waals surface area (Å²) in [6, 6.07) is 19.4. The molecule has 0 spiro atoms. The van der Waals surface area contributed by atoms with Crippen LogP contribution >= 0.6 is 15.9 Å². The monoisotopic (exact) mass is 615 g/mol. The number of rotatable bonds is 10. The zero-order chi connectivity index (χ0) is 28.0. The van der Waals surface area contributed by atoms with Crippen molar-refractivity contribution in [1.82, 2.24) is 10.2 Å². The first kappa shape index (κ1) is 28.8. The highest BCUT2D eigenvalue weighted by molar-refractivity contribution is 9.10. The average molecular weight is 617 g/mol. The molecule has 0 radical (unpaired) electrons. The highest BCUT2D eigenvalue weighted by atomic mass is 79.9. The maximum atomic E-state index is 13.9. The van der Waals surface area contributed by atoms with E-state index in [1.165, 1.54) is 29.2 Å². The minimum Gasteiger partial charge on any atom is -0.352 e. The Bertz CT molecular complexity index is 1400. The third-order valence-electron chi connectivity index (χ3n) is 6.84. The molecular weight excluding hydrogens is 585 g/mol. The van der Waals surface area contributed by atoms with Crippen LogP contribution in [-0.4, -0.2) is 43.8 Å². The molecule has 3 aromatic carbocycles. The molecule has 0 aliphatic heterocycles. The van der Waals surface area contributed by atoms with Gasteiger partial charge in [0.05, 0.1) is 10.6 Å². The van der Waals surface area contributed by atoms with E-state index in [1.54, 1.807) is 61.5 Å². The molecule has 0 saturated heterocycles. The van der Waals surface area contributed by atoms with Crippen molar-refractivity contribution in [2.45, 2.75) is 56.1 Å². The summed E-state index contributed by atoms with van der Waals surface area (Å²) in [6.07, 6.45) is 3.85. The summed E-state index contributed by atoms with van der Waals surface area (Å²) in [5, 5.41) is 3.03. The van der Waals surface area contributed by atoms with Crippen molar-refractivity contribution in [2.75, 3.05) is 10.8 Å². The number of sulfonamides is 1. The molecule has 1 fully saturated rings. The van der Waals surface area contributed by atoms with Crippen LogP contribution in [0.2, 0.25) is 0 Å². The number of benzene rings is 3. The van der Waals surface area contributed by atoms with Crippen molar-refractivity contribution in [3.63, 3.8) is 0 Å². The maximum absolute atomic E-state index is 13.9. The highest BCUT2D eigenvalue weighted by Crippen LogP contribution is 2.27. The fraction of sp³-hybridized carbons (Fsp3) is 0.310. The average Bonchev–Trinajstić information content (AvgIpc) is 3.44. The zero-order valence-electron chi connectivity index (χ0n) is 21.6. The molecule has 1 aliphatic carbocycles. The van der Waals surface area contributed by atoms with E-state index in [4.69, 9.17) is 0 Å². The largest absolute Gasteiger partial charge is 0.352 e. The molecule has 10 heteroatoms. The summed E-state index contributed by atoms with van der Waals surface area (Å²) in [5.74, 6) is -1.29. The molecule has 2 amide bonds. The van der Waals surface area contributed by atoms with Crippen LogP contribution in [0.15, 0.2) is 88.2 Å². The minimum absolute atomic E-state index is 0.01000. The van der Waals surface area contributed by atoms with Crippen LogP contribution in [-0.2, 0) is 26.2 Å². The molecule has 0 bridgehead atoms. The number of carbonyl (C=O) groups excluding carboxylic acids is 2. The summed E-state index contributed by atoms with van der Waals surface area (Å²) >= 11 is 3.38. The topological polar surface area (TPSA) is 86.8 Å². The van der Waals surface area contributed by atoms with Gasteiger partial charge in [0, 0.05) is 17.1 Å². The Morgan fingerprint density at radius 1 is 1.00 bits per heavy atom. The number of nitrogens with zero attached hydrogens (tertiary/aromatic N) is 2. The molecule has 4 rings (SSSR count). The van der Waals surface area contributed by atoms with Gasteiger partial charge < -0.3 is 10.2 Å². The number of hydrogen-bond donors (Lipinski definition) is 1. The molecule has 1 saturated carbocycles. The van der Waals surface area contributed by atoms with Crippen LogP contribution in [0.5, 0.6) is 0 Å². The van der Waals surface area contributed by atoms with Gasteiger partial charge in [-0.05, 0) is 67.8 Å². The second-order valence-electron chi connectivity index (χ2n) is 9.62. The first-order valence-corrected chi connectivity index (χ1v) is 15.1. The van der Waals surface area contributed by atoms with Crippen molar-refractivity contribution in [1.29, 1.82) is 0 Å². The van der Waals surface area contributed by atoms with Gasteiger partial charge in [-0.3, -0.25) is 13.9 Å². The van der Waals surface area contributed by atoms with Gasteiger partial charge in [-0.2, -0.15) is 0 Å². The number of carbonyl (C=O) groups is 2. The van der Waals surface area contributed by atoms with Gasteiger partial charge in [0.2, 0.25) is 11.8 Å². The summed E-state index contributed by atoms with van der Waals surface area (Å²) in [7, 11) is -4.13. The standard InChI is InChI=1S/C29H31BrFN3O4S/c1-21(29(36)32-25-9-5-6-10-25)33(19-22-14-16-24(31)17-15-22)28(35)20-34(26-11-7-8-23(30)18-26)39(37,38)27-12-3-2-4-13-27/h2-4,7-8,11-18,21,25H,5-6,9-10,19-20H2,1H3,(H,32,36)/t21-/m0/s1. The normalized spacial score (nSPS) is 14.5. The molecule has 1 N–H and O–H groups in total. The Kier molecular flexibility index (Phi) is 9.40. The molecule has 0 unspecified atom stereocenters. The van der Waals surface area contributed by atoms with E-state index in [0.29, 0.717) is 15.7 Å². The lowest BCUT2D eigenvalue weighted by Gasteiger charge is -2.32. The Balaban J connectivity index is 1.67. The fourth-order valence-corrected chi connectivity index (χ4v) is 6.45. The zero-order valence-corrected chi connectivity index (χ0v) is 24.0. The van der Waals surface area contributed by atoms with Gasteiger partial charge in [0.15, 0.2) is 0 Å². The lowest BCUT2D eigenvalue weighted by atomic mass is 10.1. The number of nitrogens with one attached hydrogen (secondary N) is 1. The number of anilines is 1. The van der Waals surface area contributed by atoms with Gasteiger partial charge in [-0.1, -0.05) is 65.2 Å². The van der Waals surface area contributed by atoms with E-state index < -0.39 is 34.3 Å². The smallest absolute Gasteiger partial charge is 0.264 e. The SMILES string of the molecule is C[C@@H](C(=O)NC1CCCC1)N(Cc1ccc(F)cc1)C(=O)CN(c1cccc(Br)c1)S(=O)(=O)c1ccccc1. The van der Waals surface area contributed by atoms with Gasteiger partial charge in [0.25, 0.3) is 10.0 Å². The van der Waals surface area contributed by atoms with Crippen molar-refractivity contribution >= 4 is 43.5 Å². The van der Waals surface area contributed by atoms with E-state index in [0.717, 1.165) is 30.0 Å². The molecule has 1 atom stereocenters. The van der Waals surface area contributed by atoms with Crippen molar-refractivity contribution in [3.8, 4) is 0 Å². The van der Waals surface area contributed by atoms with Crippen molar-refractivity contribution in [3.05, 3.63) is 94.7 Å². The number of halogens is 2. The van der Waals surface area contributed by atoms with Gasteiger partial charge in [-0.25, -0.2) is 12.8 Å². The Morgan fingerprint density at radius 2 is 1.67 bits per heavy atom. The summed E-state index contributed by atoms with van der Waals surface area (Å²) in [4.78, 5) is 28.5. The summed E-state index contributed by atoms with van der Waals surface area (Å²) in [6.45, 7) is 1.10. The first-order chi connectivity index (χ1) is 18.6. The Labute approximate surface area is 237 Å². The second kappa shape index (κ2) is 12.7. The van der Waals surface area contributed by atoms with Crippen molar-refractivity contribution in [2.24, 2.45) is 0 Å². The van der Waals surface area contributed by atoms with Crippen molar-refractivity contribution < 1.29 is 22.4 Å². The van der Waals surface area contributed by atoms with Gasteiger partial charge in [0.1, 0.15) is 18.4 Å². The van der Waals surface area contributed by atoms with Crippen LogP contribution in [0.1, 0.15) is 38.2 Å². The third-order valence-corrected chi connectivity index (χ3v) is 9.12. The molecule has 0 aromatic heterocycles. The first-order valence-electron chi connectivity index (χ1n) is 12.8. The predicted octanol–water partition coefficient (Wildman–Crippen LogP) is 5.26. The Morgan fingerprint density at radius 3 is 2.31 bits per heavy atom. The molecule has 3 aromatic rings. The van der Waals surface area contributed by atoms with E-state index in [-0.39, 0.29) is 23.4 Å². The highest BCUT2D eigenvalue weighted by Gasteiger charge is 2.33. The minimum atomic E-state index is -4.13. The van der Waals surface area contributed by atoms with Crippen LogP contribution in [0.3, 0.4) is 0 Å². The van der Waals surface area contributed by atoms with Crippen LogP contribution in [0.4, 0.5) is 10.1 Å².